The van der Waals surface area contributed by atoms with Gasteiger partial charge in [0.05, 0.1) is 21.3 Å². The Kier molecular flexibility index (Phi) is 4.67. The zero-order valence-corrected chi connectivity index (χ0v) is 15.7. The SMILES string of the molecule is COc1cc(Nc2ncnc3c2ncn3-c2ccccc2)cc(OC)c1OC. The minimum atomic E-state index is 0.525. The fourth-order valence-corrected chi connectivity index (χ4v) is 2.99. The molecule has 2 heterocycles. The minimum Gasteiger partial charge on any atom is -0.493 e. The van der Waals surface area contributed by atoms with Crippen molar-refractivity contribution in [3.05, 3.63) is 55.1 Å². The van der Waals surface area contributed by atoms with Gasteiger partial charge in [-0.1, -0.05) is 18.2 Å². The van der Waals surface area contributed by atoms with Gasteiger partial charge in [0.1, 0.15) is 12.7 Å². The maximum atomic E-state index is 5.41. The van der Waals surface area contributed by atoms with Gasteiger partial charge in [-0.2, -0.15) is 0 Å². The van der Waals surface area contributed by atoms with Gasteiger partial charge in [0.15, 0.2) is 28.5 Å². The van der Waals surface area contributed by atoms with E-state index in [1.165, 1.54) is 6.33 Å². The third-order valence-corrected chi connectivity index (χ3v) is 4.30. The number of nitrogens with one attached hydrogen (secondary N) is 1. The number of ether oxygens (including phenoxy) is 3. The van der Waals surface area contributed by atoms with Crippen molar-refractivity contribution in [2.24, 2.45) is 0 Å². The van der Waals surface area contributed by atoms with E-state index in [0.29, 0.717) is 34.2 Å². The average molecular weight is 377 g/mol. The summed E-state index contributed by atoms with van der Waals surface area (Å²) in [4.78, 5) is 13.2. The number of benzene rings is 2. The van der Waals surface area contributed by atoms with E-state index < -0.39 is 0 Å². The zero-order chi connectivity index (χ0) is 19.5. The van der Waals surface area contributed by atoms with Gasteiger partial charge >= 0.3 is 0 Å². The van der Waals surface area contributed by atoms with Gasteiger partial charge in [0.25, 0.3) is 0 Å². The van der Waals surface area contributed by atoms with Crippen molar-refractivity contribution < 1.29 is 14.2 Å². The maximum Gasteiger partial charge on any atom is 0.203 e. The van der Waals surface area contributed by atoms with E-state index in [-0.39, 0.29) is 0 Å². The van der Waals surface area contributed by atoms with Crippen LogP contribution in [-0.2, 0) is 0 Å². The Labute approximate surface area is 161 Å². The Morgan fingerprint density at radius 1 is 0.857 bits per heavy atom. The molecule has 0 bridgehead atoms. The molecule has 0 saturated carbocycles. The van der Waals surface area contributed by atoms with E-state index >= 15 is 0 Å². The molecule has 4 rings (SSSR count). The molecule has 4 aromatic rings. The van der Waals surface area contributed by atoms with Crippen molar-refractivity contribution >= 4 is 22.7 Å². The van der Waals surface area contributed by atoms with Crippen LogP contribution in [0.1, 0.15) is 0 Å². The lowest BCUT2D eigenvalue weighted by Crippen LogP contribution is -2.00. The Bertz CT molecular complexity index is 1090. The summed E-state index contributed by atoms with van der Waals surface area (Å²) in [5, 5.41) is 3.27. The second-order valence-corrected chi connectivity index (χ2v) is 5.88. The topological polar surface area (TPSA) is 83.3 Å². The molecular weight excluding hydrogens is 358 g/mol. The van der Waals surface area contributed by atoms with E-state index in [2.05, 4.69) is 20.3 Å². The molecule has 28 heavy (non-hydrogen) atoms. The summed E-state index contributed by atoms with van der Waals surface area (Å²) in [6.45, 7) is 0. The predicted octanol–water partition coefficient (Wildman–Crippen LogP) is 3.58. The van der Waals surface area contributed by atoms with Crippen LogP contribution in [0.3, 0.4) is 0 Å². The predicted molar refractivity (Wildman–Crippen MR) is 106 cm³/mol. The summed E-state index contributed by atoms with van der Waals surface area (Å²) in [6, 6.07) is 13.5. The largest absolute Gasteiger partial charge is 0.493 e. The molecular formula is C20H19N5O3. The highest BCUT2D eigenvalue weighted by Crippen LogP contribution is 2.40. The lowest BCUT2D eigenvalue weighted by molar-refractivity contribution is 0.324. The van der Waals surface area contributed by atoms with Crippen LogP contribution in [0.25, 0.3) is 16.9 Å². The van der Waals surface area contributed by atoms with Gasteiger partial charge in [-0.05, 0) is 12.1 Å². The number of hydrogen-bond acceptors (Lipinski definition) is 7. The number of methoxy groups -OCH3 is 3. The second kappa shape index (κ2) is 7.43. The van der Waals surface area contributed by atoms with E-state index in [0.717, 1.165) is 11.4 Å². The molecule has 0 atom stereocenters. The molecule has 0 aliphatic rings. The Morgan fingerprint density at radius 3 is 2.21 bits per heavy atom. The van der Waals surface area contributed by atoms with Crippen LogP contribution < -0.4 is 19.5 Å². The normalized spacial score (nSPS) is 10.7. The molecule has 0 aliphatic heterocycles. The third kappa shape index (κ3) is 3.05. The summed E-state index contributed by atoms with van der Waals surface area (Å²) < 4.78 is 18.1. The lowest BCUT2D eigenvalue weighted by atomic mass is 10.2. The van der Waals surface area contributed by atoms with Crippen LogP contribution in [0.2, 0.25) is 0 Å². The number of imidazole rings is 1. The van der Waals surface area contributed by atoms with Crippen LogP contribution in [0, 0.1) is 0 Å². The van der Waals surface area contributed by atoms with E-state index in [4.69, 9.17) is 14.2 Å². The lowest BCUT2D eigenvalue weighted by Gasteiger charge is -2.15. The summed E-state index contributed by atoms with van der Waals surface area (Å²) in [6.07, 6.45) is 3.23. The highest BCUT2D eigenvalue weighted by molar-refractivity contribution is 5.86. The molecule has 8 heteroatoms. The van der Waals surface area contributed by atoms with Crippen molar-refractivity contribution in [2.75, 3.05) is 26.6 Å². The first kappa shape index (κ1) is 17.6. The smallest absolute Gasteiger partial charge is 0.203 e. The maximum absolute atomic E-state index is 5.41. The van der Waals surface area contributed by atoms with Crippen LogP contribution in [0.4, 0.5) is 11.5 Å². The molecule has 2 aromatic heterocycles. The first-order valence-corrected chi connectivity index (χ1v) is 8.55. The molecule has 0 unspecified atom stereocenters. The minimum absolute atomic E-state index is 0.525. The number of nitrogens with zero attached hydrogens (tertiary/aromatic N) is 4. The Morgan fingerprint density at radius 2 is 1.57 bits per heavy atom. The summed E-state index contributed by atoms with van der Waals surface area (Å²) in [5.41, 5.74) is 3.06. The number of rotatable bonds is 6. The fourth-order valence-electron chi connectivity index (χ4n) is 2.99. The third-order valence-electron chi connectivity index (χ3n) is 4.30. The number of para-hydroxylation sites is 1. The highest BCUT2D eigenvalue weighted by atomic mass is 16.5. The highest BCUT2D eigenvalue weighted by Gasteiger charge is 2.16. The van der Waals surface area contributed by atoms with Gasteiger partial charge in [-0.3, -0.25) is 4.57 Å². The monoisotopic (exact) mass is 377 g/mol. The van der Waals surface area contributed by atoms with Gasteiger partial charge in [-0.15, -0.1) is 0 Å². The van der Waals surface area contributed by atoms with Crippen molar-refractivity contribution in [3.8, 4) is 22.9 Å². The summed E-state index contributed by atoms with van der Waals surface area (Å²) in [7, 11) is 4.72. The van der Waals surface area contributed by atoms with Crippen molar-refractivity contribution in [1.82, 2.24) is 19.5 Å². The zero-order valence-electron chi connectivity index (χ0n) is 15.7. The molecule has 142 valence electrons. The molecule has 0 spiro atoms. The van der Waals surface area contributed by atoms with Crippen molar-refractivity contribution in [3.63, 3.8) is 0 Å². The Balaban J connectivity index is 1.76. The molecule has 0 amide bonds. The van der Waals surface area contributed by atoms with E-state index in [1.54, 1.807) is 27.7 Å². The average Bonchev–Trinajstić information content (AvgIpc) is 3.19. The fraction of sp³-hybridized carbons (Fsp3) is 0.150. The number of hydrogen-bond donors (Lipinski definition) is 1. The molecule has 0 saturated heterocycles. The molecule has 0 fully saturated rings. The van der Waals surface area contributed by atoms with E-state index in [9.17, 15) is 0 Å². The molecule has 0 aliphatic carbocycles. The standard InChI is InChI=1S/C20H19N5O3/c1-26-15-9-13(10-16(27-2)18(15)28-3)24-19-17-20(22-11-21-19)25(12-23-17)14-7-5-4-6-8-14/h4-12H,1-3H3,(H,21,22,24). The number of aromatic nitrogens is 4. The van der Waals surface area contributed by atoms with Gasteiger partial charge < -0.3 is 19.5 Å². The van der Waals surface area contributed by atoms with Crippen LogP contribution in [0.15, 0.2) is 55.1 Å². The first-order valence-electron chi connectivity index (χ1n) is 8.55. The molecule has 8 nitrogen and oxygen atoms in total. The van der Waals surface area contributed by atoms with Crippen LogP contribution in [0.5, 0.6) is 17.2 Å². The number of fused-ring (bicyclic) bond motifs is 1. The van der Waals surface area contributed by atoms with Crippen molar-refractivity contribution in [2.45, 2.75) is 0 Å². The van der Waals surface area contributed by atoms with Gasteiger partial charge in [0.2, 0.25) is 5.75 Å². The van der Waals surface area contributed by atoms with Gasteiger partial charge in [-0.25, -0.2) is 15.0 Å². The summed E-state index contributed by atoms with van der Waals surface area (Å²) >= 11 is 0. The molecule has 2 aromatic carbocycles. The van der Waals surface area contributed by atoms with Crippen LogP contribution >= 0.6 is 0 Å². The molecule has 0 radical (unpaired) electrons. The quantitative estimate of drug-likeness (QED) is 0.550. The second-order valence-electron chi connectivity index (χ2n) is 5.88. The van der Waals surface area contributed by atoms with Gasteiger partial charge in [0, 0.05) is 23.5 Å². The summed E-state index contributed by atoms with van der Waals surface area (Å²) in [5.74, 6) is 2.19. The number of anilines is 2. The van der Waals surface area contributed by atoms with Crippen LogP contribution in [-0.4, -0.2) is 40.8 Å². The first-order chi connectivity index (χ1) is 13.7. The van der Waals surface area contributed by atoms with E-state index in [1.807, 2.05) is 47.0 Å². The van der Waals surface area contributed by atoms with Crippen molar-refractivity contribution in [1.29, 1.82) is 0 Å². The Hall–Kier alpha value is -3.81. The molecule has 1 N–H and O–H groups in total.